The zero-order valence-corrected chi connectivity index (χ0v) is 30.6. The summed E-state index contributed by atoms with van der Waals surface area (Å²) < 4.78 is 16.1. The Morgan fingerprint density at radius 2 is 1.22 bits per heavy atom. The summed E-state index contributed by atoms with van der Waals surface area (Å²) in [6.45, 7) is 13.1. The zero-order chi connectivity index (χ0) is 34.8. The summed E-state index contributed by atoms with van der Waals surface area (Å²) in [5.41, 5.74) is -1.37. The zero-order valence-electron chi connectivity index (χ0n) is 29.8. The van der Waals surface area contributed by atoms with Crippen molar-refractivity contribution < 1.29 is 38.5 Å². The Hall–Kier alpha value is -2.21. The molecule has 0 radical (unpaired) electrons. The molecule has 2 atom stereocenters. The number of nitrogens with one attached hydrogen (secondary N) is 3. The number of thioether (sulfide) groups is 1. The third-order valence-corrected chi connectivity index (χ3v) is 7.90. The Kier molecular flexibility index (Phi) is 24.6. The van der Waals surface area contributed by atoms with E-state index in [1.807, 2.05) is 0 Å². The molecular weight excluding hydrogens is 610 g/mol. The largest absolute Gasteiger partial charge is 0.480 e. The van der Waals surface area contributed by atoms with Gasteiger partial charge in [0.2, 0.25) is 5.91 Å². The molecule has 0 aromatic carbocycles. The quantitative estimate of drug-likeness (QED) is 0.0697. The maximum Gasteiger partial charge on any atom is 0.408 e. The van der Waals surface area contributed by atoms with Gasteiger partial charge in [0.25, 0.3) is 0 Å². The number of aliphatic carboxylic acids is 1. The van der Waals surface area contributed by atoms with Crippen molar-refractivity contribution in [1.29, 1.82) is 0 Å². The predicted octanol–water partition coefficient (Wildman–Crippen LogP) is 7.20. The van der Waals surface area contributed by atoms with Crippen LogP contribution < -0.4 is 16.0 Å². The van der Waals surface area contributed by atoms with E-state index in [0.29, 0.717) is 18.9 Å². The van der Waals surface area contributed by atoms with Gasteiger partial charge >= 0.3 is 18.2 Å². The Labute approximate surface area is 282 Å². The van der Waals surface area contributed by atoms with Gasteiger partial charge in [0.05, 0.1) is 18.8 Å². The van der Waals surface area contributed by atoms with Crippen LogP contribution in [0.25, 0.3) is 0 Å². The summed E-state index contributed by atoms with van der Waals surface area (Å²) in [7, 11) is 0. The molecule has 0 fully saturated rings. The molecule has 0 aliphatic heterocycles. The first kappa shape index (κ1) is 43.8. The SMILES string of the molecule is CCCCCCCCCCCCCCCCOC(=O)NCCSC[C@H](NC(=O)OC(C)(C)C)C(=O)N[C@@H](COC(C)(C)C)C(=O)O. The van der Waals surface area contributed by atoms with Gasteiger partial charge in [-0.05, 0) is 48.0 Å². The number of carbonyl (C=O) groups is 4. The smallest absolute Gasteiger partial charge is 0.408 e. The lowest BCUT2D eigenvalue weighted by Crippen LogP contribution is -2.55. The predicted molar refractivity (Wildman–Crippen MR) is 185 cm³/mol. The first-order valence-corrected chi connectivity index (χ1v) is 18.4. The highest BCUT2D eigenvalue weighted by Crippen LogP contribution is 2.13. The van der Waals surface area contributed by atoms with Crippen molar-refractivity contribution in [3.05, 3.63) is 0 Å². The van der Waals surface area contributed by atoms with Crippen LogP contribution in [0, 0.1) is 0 Å². The molecule has 0 aromatic rings. The monoisotopic (exact) mass is 675 g/mol. The molecule has 0 aliphatic carbocycles. The minimum Gasteiger partial charge on any atom is -0.480 e. The van der Waals surface area contributed by atoms with E-state index in [9.17, 15) is 24.3 Å². The lowest BCUT2D eigenvalue weighted by Gasteiger charge is -2.26. The average Bonchev–Trinajstić information content (AvgIpc) is 2.94. The molecular formula is C34H65N3O8S. The average molecular weight is 676 g/mol. The number of alkyl carbamates (subject to hydrolysis) is 2. The Morgan fingerprint density at radius 1 is 0.696 bits per heavy atom. The molecule has 0 aliphatic rings. The minimum absolute atomic E-state index is 0.132. The van der Waals surface area contributed by atoms with Crippen molar-refractivity contribution >= 4 is 35.8 Å². The number of unbranched alkanes of at least 4 members (excludes halogenated alkanes) is 13. The number of carboxylic acids is 1. The Balaban J connectivity index is 4.28. The van der Waals surface area contributed by atoms with Crippen LogP contribution in [0.4, 0.5) is 9.59 Å². The van der Waals surface area contributed by atoms with E-state index in [1.54, 1.807) is 41.5 Å². The van der Waals surface area contributed by atoms with Gasteiger partial charge in [-0.2, -0.15) is 11.8 Å². The molecule has 0 bridgehead atoms. The molecule has 0 rings (SSSR count). The van der Waals surface area contributed by atoms with Crippen LogP contribution in [0.3, 0.4) is 0 Å². The second-order valence-corrected chi connectivity index (χ2v) is 14.9. The van der Waals surface area contributed by atoms with Gasteiger partial charge in [0, 0.05) is 18.1 Å². The van der Waals surface area contributed by atoms with Crippen molar-refractivity contribution in [2.45, 2.75) is 162 Å². The molecule has 0 unspecified atom stereocenters. The highest BCUT2D eigenvalue weighted by Gasteiger charge is 2.29. The van der Waals surface area contributed by atoms with E-state index in [1.165, 1.54) is 82.4 Å². The molecule has 3 amide bonds. The van der Waals surface area contributed by atoms with Crippen molar-refractivity contribution in [3.8, 4) is 0 Å². The van der Waals surface area contributed by atoms with Gasteiger partial charge in [-0.1, -0.05) is 90.4 Å². The van der Waals surface area contributed by atoms with Crippen LogP contribution >= 0.6 is 11.8 Å². The summed E-state index contributed by atoms with van der Waals surface area (Å²) in [4.78, 5) is 49.1. The summed E-state index contributed by atoms with van der Waals surface area (Å²) in [6.07, 6.45) is 16.4. The molecule has 0 spiro atoms. The second kappa shape index (κ2) is 25.8. The number of hydrogen-bond acceptors (Lipinski definition) is 8. The van der Waals surface area contributed by atoms with Crippen molar-refractivity contribution in [2.24, 2.45) is 0 Å². The van der Waals surface area contributed by atoms with Crippen LogP contribution in [-0.4, -0.2) is 83.7 Å². The van der Waals surface area contributed by atoms with Crippen molar-refractivity contribution in [2.75, 3.05) is 31.3 Å². The number of hydrogen-bond donors (Lipinski definition) is 4. The van der Waals surface area contributed by atoms with Crippen molar-refractivity contribution in [1.82, 2.24) is 16.0 Å². The fourth-order valence-corrected chi connectivity index (χ4v) is 5.24. The summed E-state index contributed by atoms with van der Waals surface area (Å²) in [5.74, 6) is -1.35. The van der Waals surface area contributed by atoms with Crippen LogP contribution in [0.2, 0.25) is 0 Å². The fraction of sp³-hybridized carbons (Fsp3) is 0.882. The molecule has 0 saturated carbocycles. The first-order chi connectivity index (χ1) is 21.6. The molecule has 0 aromatic heterocycles. The molecule has 12 heteroatoms. The summed E-state index contributed by atoms with van der Waals surface area (Å²) >= 11 is 1.31. The number of carboxylic acid groups (broad SMARTS) is 1. The lowest BCUT2D eigenvalue weighted by atomic mass is 10.0. The van der Waals surface area contributed by atoms with Crippen LogP contribution in [0.1, 0.15) is 138 Å². The molecule has 270 valence electrons. The van der Waals surface area contributed by atoms with Crippen LogP contribution in [0.5, 0.6) is 0 Å². The Bertz CT molecular complexity index is 845. The van der Waals surface area contributed by atoms with E-state index in [2.05, 4.69) is 22.9 Å². The number of carbonyl (C=O) groups excluding carboxylic acids is 3. The maximum absolute atomic E-state index is 13.0. The molecule has 0 saturated heterocycles. The van der Waals surface area contributed by atoms with Gasteiger partial charge in [-0.15, -0.1) is 0 Å². The van der Waals surface area contributed by atoms with Gasteiger partial charge in [-0.3, -0.25) is 4.79 Å². The third-order valence-electron chi connectivity index (χ3n) is 6.84. The highest BCUT2D eigenvalue weighted by atomic mass is 32.2. The van der Waals surface area contributed by atoms with Gasteiger partial charge in [-0.25, -0.2) is 14.4 Å². The molecule has 46 heavy (non-hydrogen) atoms. The minimum atomic E-state index is -1.30. The van der Waals surface area contributed by atoms with Gasteiger partial charge in [0.15, 0.2) is 6.04 Å². The van der Waals surface area contributed by atoms with E-state index in [-0.39, 0.29) is 12.4 Å². The lowest BCUT2D eigenvalue weighted by molar-refractivity contribution is -0.145. The standard InChI is InChI=1S/C34H65N3O8S/c1-8-9-10-11-12-13-14-15-16-17-18-19-20-21-23-43-31(41)35-22-24-46-26-28(37-32(42)45-34(5,6)7)29(38)36-27(30(39)40)25-44-33(2,3)4/h27-28H,8-26H2,1-7H3,(H,35,41)(H,36,38)(H,37,42)(H,39,40)/t27-,28-/m0/s1. The first-order valence-electron chi connectivity index (χ1n) is 17.3. The topological polar surface area (TPSA) is 152 Å². The number of ether oxygens (including phenoxy) is 3. The van der Waals surface area contributed by atoms with Gasteiger partial charge < -0.3 is 35.3 Å². The number of amides is 3. The number of rotatable bonds is 26. The van der Waals surface area contributed by atoms with Crippen molar-refractivity contribution in [3.63, 3.8) is 0 Å². The van der Waals surface area contributed by atoms with E-state index in [0.717, 1.165) is 19.3 Å². The fourth-order valence-electron chi connectivity index (χ4n) is 4.35. The normalized spacial score (nSPS) is 13.0. The van der Waals surface area contributed by atoms with E-state index >= 15 is 0 Å². The highest BCUT2D eigenvalue weighted by molar-refractivity contribution is 7.99. The van der Waals surface area contributed by atoms with Crippen LogP contribution in [0.15, 0.2) is 0 Å². The third kappa shape index (κ3) is 28.0. The van der Waals surface area contributed by atoms with Crippen LogP contribution in [-0.2, 0) is 23.8 Å². The maximum atomic E-state index is 13.0. The van der Waals surface area contributed by atoms with E-state index < -0.39 is 47.3 Å². The molecule has 11 nitrogen and oxygen atoms in total. The van der Waals surface area contributed by atoms with E-state index in [4.69, 9.17) is 14.2 Å². The molecule has 0 heterocycles. The van der Waals surface area contributed by atoms with Gasteiger partial charge in [0.1, 0.15) is 11.6 Å². The Morgan fingerprint density at radius 3 is 1.70 bits per heavy atom. The second-order valence-electron chi connectivity index (χ2n) is 13.8. The summed E-state index contributed by atoms with van der Waals surface area (Å²) in [6, 6.07) is -2.36. The summed E-state index contributed by atoms with van der Waals surface area (Å²) in [5, 5.41) is 17.2. The molecule has 4 N–H and O–H groups in total.